The van der Waals surface area contributed by atoms with Gasteiger partial charge in [-0.15, -0.1) is 0 Å². The topological polar surface area (TPSA) is 69.9 Å². The van der Waals surface area contributed by atoms with Gasteiger partial charge in [0.15, 0.2) is 17.5 Å². The Kier molecular flexibility index (Phi) is 7.02. The third-order valence-corrected chi connectivity index (χ3v) is 12.8. The van der Waals surface area contributed by atoms with Crippen molar-refractivity contribution < 1.29 is 8.83 Å². The Morgan fingerprint density at radius 1 is 0.317 bits per heavy atom. The first-order chi connectivity index (χ1) is 31.2. The van der Waals surface area contributed by atoms with Crippen LogP contribution in [-0.4, -0.2) is 19.5 Å². The quantitative estimate of drug-likeness (QED) is 0.177. The molecule has 4 heterocycles. The Balaban J connectivity index is 0.952. The Morgan fingerprint density at radius 2 is 0.921 bits per heavy atom. The average molecular weight is 805 g/mol. The lowest BCUT2D eigenvalue weighted by Crippen LogP contribution is -2.00. The van der Waals surface area contributed by atoms with Crippen LogP contribution in [0.4, 0.5) is 0 Å². The van der Waals surface area contributed by atoms with Crippen molar-refractivity contribution in [1.29, 1.82) is 0 Å². The van der Waals surface area contributed by atoms with Crippen LogP contribution in [0.25, 0.3) is 138 Å². The molecule has 292 valence electrons. The van der Waals surface area contributed by atoms with E-state index in [1.807, 2.05) is 66.7 Å². The molecule has 0 atom stereocenters. The van der Waals surface area contributed by atoms with Crippen molar-refractivity contribution in [1.82, 2.24) is 19.5 Å². The van der Waals surface area contributed by atoms with Crippen molar-refractivity contribution in [3.8, 4) is 39.9 Å². The molecule has 0 spiro atoms. The van der Waals surface area contributed by atoms with Crippen LogP contribution in [0, 0.1) is 0 Å². The van der Waals surface area contributed by atoms with Gasteiger partial charge in [-0.3, -0.25) is 0 Å². The highest BCUT2D eigenvalue weighted by Gasteiger charge is 2.20. The Hall–Kier alpha value is -8.61. The molecular weight excluding hydrogens is 773 g/mol. The number of benzene rings is 10. The van der Waals surface area contributed by atoms with Crippen molar-refractivity contribution in [2.45, 2.75) is 0 Å². The second-order valence-electron chi connectivity index (χ2n) is 16.4. The molecule has 0 aliphatic carbocycles. The summed E-state index contributed by atoms with van der Waals surface area (Å²) in [6, 6.07) is 68.2. The maximum absolute atomic E-state index is 6.54. The minimum atomic E-state index is 0.571. The molecule has 14 aromatic rings. The van der Waals surface area contributed by atoms with Gasteiger partial charge in [0.25, 0.3) is 0 Å². The van der Waals surface area contributed by atoms with Crippen LogP contribution in [0.15, 0.2) is 203 Å². The molecule has 0 fully saturated rings. The SMILES string of the molecule is c1ccc(-c2nc(-c3ccc4c(c3)oc3ccccc34)nc(-c3ccc4oc5ccc6cc(-n7c8cc9ccccc9cc8c8ccc9ccccc9c87)ccc6c5c4c3)n2)cc1. The van der Waals surface area contributed by atoms with E-state index in [0.717, 1.165) is 77.0 Å². The van der Waals surface area contributed by atoms with Gasteiger partial charge in [-0.05, 0) is 93.7 Å². The van der Waals surface area contributed by atoms with Gasteiger partial charge < -0.3 is 13.4 Å². The predicted octanol–water partition coefficient (Wildman–Crippen LogP) is 15.2. The van der Waals surface area contributed by atoms with Crippen LogP contribution in [0.5, 0.6) is 0 Å². The molecule has 0 aliphatic heterocycles. The molecule has 14 rings (SSSR count). The second kappa shape index (κ2) is 12.9. The van der Waals surface area contributed by atoms with Gasteiger partial charge in [0.05, 0.1) is 11.0 Å². The minimum Gasteiger partial charge on any atom is -0.456 e. The molecule has 6 nitrogen and oxygen atoms in total. The van der Waals surface area contributed by atoms with Gasteiger partial charge in [-0.1, -0.05) is 127 Å². The standard InChI is InChI=1S/C57H32N4O2/c1-2-11-34(12-3-1)55-58-56(60-57(59-55)39-19-23-44-43-16-8-9-17-49(43)63-52(44)32-39)38-21-26-50-47(30-38)53-41-25-22-40(28-37(41)20-27-51(53)62-50)61-48-31-36-14-5-4-13-35(36)29-46(48)45-24-18-33-10-6-7-15-42(33)54(45)61/h1-32H. The molecule has 0 saturated heterocycles. The molecule has 10 aromatic carbocycles. The van der Waals surface area contributed by atoms with Crippen LogP contribution < -0.4 is 0 Å². The molecule has 63 heavy (non-hydrogen) atoms. The zero-order valence-corrected chi connectivity index (χ0v) is 33.6. The highest BCUT2D eigenvalue weighted by atomic mass is 16.3. The van der Waals surface area contributed by atoms with Crippen molar-refractivity contribution in [3.05, 3.63) is 194 Å². The van der Waals surface area contributed by atoms with Gasteiger partial charge in [0, 0.05) is 60.1 Å². The molecule has 0 radical (unpaired) electrons. The summed E-state index contributed by atoms with van der Waals surface area (Å²) in [4.78, 5) is 15.2. The van der Waals surface area contributed by atoms with E-state index in [2.05, 4.69) is 132 Å². The van der Waals surface area contributed by atoms with Crippen LogP contribution in [0.2, 0.25) is 0 Å². The minimum absolute atomic E-state index is 0.571. The molecule has 0 unspecified atom stereocenters. The maximum Gasteiger partial charge on any atom is 0.164 e. The number of fused-ring (bicyclic) bond motifs is 14. The lowest BCUT2D eigenvalue weighted by atomic mass is 10.0. The number of para-hydroxylation sites is 1. The summed E-state index contributed by atoms with van der Waals surface area (Å²) in [6.45, 7) is 0. The number of furan rings is 2. The summed E-state index contributed by atoms with van der Waals surface area (Å²) in [7, 11) is 0. The smallest absolute Gasteiger partial charge is 0.164 e. The van der Waals surface area contributed by atoms with Crippen LogP contribution in [0.1, 0.15) is 0 Å². The zero-order chi connectivity index (χ0) is 41.2. The molecule has 0 amide bonds. The average Bonchev–Trinajstić information content (AvgIpc) is 4.02. The largest absolute Gasteiger partial charge is 0.456 e. The maximum atomic E-state index is 6.54. The third-order valence-electron chi connectivity index (χ3n) is 12.8. The summed E-state index contributed by atoms with van der Waals surface area (Å²) >= 11 is 0. The van der Waals surface area contributed by atoms with Crippen LogP contribution in [0.3, 0.4) is 0 Å². The van der Waals surface area contributed by atoms with Crippen molar-refractivity contribution >= 4 is 98.0 Å². The predicted molar refractivity (Wildman–Crippen MR) is 258 cm³/mol. The Morgan fingerprint density at radius 3 is 1.78 bits per heavy atom. The fourth-order valence-corrected chi connectivity index (χ4v) is 9.82. The van der Waals surface area contributed by atoms with Crippen molar-refractivity contribution in [2.75, 3.05) is 0 Å². The fraction of sp³-hybridized carbons (Fsp3) is 0. The Labute approximate surface area is 358 Å². The summed E-state index contributed by atoms with van der Waals surface area (Å²) in [5.41, 5.74) is 9.41. The summed E-state index contributed by atoms with van der Waals surface area (Å²) in [6.07, 6.45) is 0. The monoisotopic (exact) mass is 804 g/mol. The van der Waals surface area contributed by atoms with Gasteiger partial charge in [-0.2, -0.15) is 0 Å². The molecule has 0 bridgehead atoms. The molecule has 4 aromatic heterocycles. The molecule has 0 aliphatic rings. The van der Waals surface area contributed by atoms with E-state index >= 15 is 0 Å². The highest BCUT2D eigenvalue weighted by Crippen LogP contribution is 2.42. The first-order valence-corrected chi connectivity index (χ1v) is 21.2. The number of nitrogens with zero attached hydrogens (tertiary/aromatic N) is 4. The highest BCUT2D eigenvalue weighted by molar-refractivity contribution is 6.22. The van der Waals surface area contributed by atoms with E-state index < -0.39 is 0 Å². The number of rotatable bonds is 4. The number of aromatic nitrogens is 4. The summed E-state index contributed by atoms with van der Waals surface area (Å²) in [5.74, 6) is 1.75. The lowest BCUT2D eigenvalue weighted by Gasteiger charge is -2.12. The normalized spacial score (nSPS) is 12.1. The van der Waals surface area contributed by atoms with E-state index in [9.17, 15) is 0 Å². The molecule has 0 saturated carbocycles. The first kappa shape index (κ1) is 34.1. The van der Waals surface area contributed by atoms with E-state index in [-0.39, 0.29) is 0 Å². The first-order valence-electron chi connectivity index (χ1n) is 21.2. The van der Waals surface area contributed by atoms with Crippen molar-refractivity contribution in [2.24, 2.45) is 0 Å². The number of hydrogen-bond donors (Lipinski definition) is 0. The van der Waals surface area contributed by atoms with E-state index in [1.54, 1.807) is 0 Å². The van der Waals surface area contributed by atoms with Gasteiger partial charge >= 0.3 is 0 Å². The van der Waals surface area contributed by atoms with Crippen LogP contribution >= 0.6 is 0 Å². The van der Waals surface area contributed by atoms with E-state index in [4.69, 9.17) is 23.8 Å². The van der Waals surface area contributed by atoms with E-state index in [1.165, 1.54) is 43.4 Å². The van der Waals surface area contributed by atoms with Gasteiger partial charge in [0.1, 0.15) is 22.3 Å². The zero-order valence-electron chi connectivity index (χ0n) is 33.6. The summed E-state index contributed by atoms with van der Waals surface area (Å²) in [5, 5.41) is 13.8. The second-order valence-corrected chi connectivity index (χ2v) is 16.4. The summed E-state index contributed by atoms with van der Waals surface area (Å²) < 4.78 is 15.3. The molecule has 6 heteroatoms. The van der Waals surface area contributed by atoms with Gasteiger partial charge in [0.2, 0.25) is 0 Å². The Bertz CT molecular complexity index is 4220. The van der Waals surface area contributed by atoms with E-state index in [0.29, 0.717) is 17.5 Å². The fourth-order valence-electron chi connectivity index (χ4n) is 9.82. The molecular formula is C57H32N4O2. The van der Waals surface area contributed by atoms with Gasteiger partial charge in [-0.25, -0.2) is 15.0 Å². The number of hydrogen-bond acceptors (Lipinski definition) is 5. The molecule has 0 N–H and O–H groups in total. The lowest BCUT2D eigenvalue weighted by molar-refractivity contribution is 0.668. The van der Waals surface area contributed by atoms with Crippen molar-refractivity contribution in [3.63, 3.8) is 0 Å². The van der Waals surface area contributed by atoms with Crippen LogP contribution in [-0.2, 0) is 0 Å². The third kappa shape index (κ3) is 5.15.